The smallest absolute Gasteiger partial charge is 0.225 e. The zero-order chi connectivity index (χ0) is 13.9. The molecule has 3 N–H and O–H groups in total. The molecule has 1 amide bonds. The van der Waals surface area contributed by atoms with Gasteiger partial charge in [0.05, 0.1) is 13.2 Å². The summed E-state index contributed by atoms with van der Waals surface area (Å²) in [6.45, 7) is 2.02. The third-order valence-electron chi connectivity index (χ3n) is 2.79. The number of ether oxygens (including phenoxy) is 1. The van der Waals surface area contributed by atoms with Crippen LogP contribution < -0.4 is 11.1 Å². The summed E-state index contributed by atoms with van der Waals surface area (Å²) in [6, 6.07) is 1.79. The number of rotatable bonds is 10. The lowest BCUT2D eigenvalue weighted by Gasteiger charge is -2.02. The molecule has 6 nitrogen and oxygen atoms in total. The summed E-state index contributed by atoms with van der Waals surface area (Å²) in [4.78, 5) is 11.7. The standard InChI is InChI=1S/C13H24N4O2.ClH/c1-19-11-10-17-9-7-12(16-17)15-13(18)6-4-2-3-5-8-14;/h7,9H,2-6,8,10-11,14H2,1H3,(H,15,16,18);1H. The molecule has 0 aliphatic carbocycles. The van der Waals surface area contributed by atoms with Crippen LogP contribution in [0.5, 0.6) is 0 Å². The van der Waals surface area contributed by atoms with E-state index in [-0.39, 0.29) is 18.3 Å². The molecular weight excluding hydrogens is 280 g/mol. The molecule has 0 unspecified atom stereocenters. The molecule has 1 aromatic heterocycles. The van der Waals surface area contributed by atoms with Crippen molar-refractivity contribution in [2.75, 3.05) is 25.6 Å². The lowest BCUT2D eigenvalue weighted by Crippen LogP contribution is -2.12. The number of methoxy groups -OCH3 is 1. The molecule has 1 heterocycles. The van der Waals surface area contributed by atoms with Gasteiger partial charge in [0, 0.05) is 25.8 Å². The number of carbonyl (C=O) groups excluding carboxylic acids is 1. The van der Waals surface area contributed by atoms with Crippen LogP contribution in [0, 0.1) is 0 Å². The predicted molar refractivity (Wildman–Crippen MR) is 82.1 cm³/mol. The van der Waals surface area contributed by atoms with Gasteiger partial charge in [-0.15, -0.1) is 12.4 Å². The van der Waals surface area contributed by atoms with E-state index in [4.69, 9.17) is 10.5 Å². The fourth-order valence-corrected chi connectivity index (χ4v) is 1.73. The number of amides is 1. The van der Waals surface area contributed by atoms with Crippen molar-refractivity contribution in [1.29, 1.82) is 0 Å². The summed E-state index contributed by atoms with van der Waals surface area (Å²) in [5.74, 6) is 0.618. The van der Waals surface area contributed by atoms with Crippen molar-refractivity contribution >= 4 is 24.1 Å². The zero-order valence-corrected chi connectivity index (χ0v) is 12.8. The van der Waals surface area contributed by atoms with Crippen LogP contribution in [0.4, 0.5) is 5.82 Å². The second-order valence-electron chi connectivity index (χ2n) is 4.46. The third kappa shape index (κ3) is 8.14. The van der Waals surface area contributed by atoms with Crippen LogP contribution in [0.15, 0.2) is 12.3 Å². The maximum absolute atomic E-state index is 11.7. The van der Waals surface area contributed by atoms with E-state index in [1.54, 1.807) is 17.9 Å². The van der Waals surface area contributed by atoms with E-state index in [0.717, 1.165) is 32.2 Å². The molecule has 0 aliphatic rings. The van der Waals surface area contributed by atoms with E-state index < -0.39 is 0 Å². The number of hydrogen-bond acceptors (Lipinski definition) is 4. The van der Waals surface area contributed by atoms with Crippen molar-refractivity contribution in [2.45, 2.75) is 38.6 Å². The van der Waals surface area contributed by atoms with Crippen molar-refractivity contribution in [3.63, 3.8) is 0 Å². The molecule has 1 rings (SSSR count). The first kappa shape index (κ1) is 18.9. The van der Waals surface area contributed by atoms with E-state index >= 15 is 0 Å². The number of anilines is 1. The van der Waals surface area contributed by atoms with Gasteiger partial charge in [0.2, 0.25) is 5.91 Å². The van der Waals surface area contributed by atoms with Crippen LogP contribution in [-0.4, -0.2) is 35.9 Å². The maximum Gasteiger partial charge on any atom is 0.225 e. The topological polar surface area (TPSA) is 82.2 Å². The Morgan fingerprint density at radius 2 is 2.15 bits per heavy atom. The summed E-state index contributed by atoms with van der Waals surface area (Å²) < 4.78 is 6.71. The zero-order valence-electron chi connectivity index (χ0n) is 12.0. The Hall–Kier alpha value is -1.11. The number of unbranched alkanes of at least 4 members (excludes halogenated alkanes) is 3. The average molecular weight is 305 g/mol. The number of halogens is 1. The Balaban J connectivity index is 0.00000361. The summed E-state index contributed by atoms with van der Waals surface area (Å²) in [5.41, 5.74) is 5.41. The predicted octanol–water partition coefficient (Wildman–Crippen LogP) is 1.80. The summed E-state index contributed by atoms with van der Waals surface area (Å²) in [7, 11) is 1.65. The first-order chi connectivity index (χ1) is 9.26. The fraction of sp³-hybridized carbons (Fsp3) is 0.692. The molecule has 20 heavy (non-hydrogen) atoms. The van der Waals surface area contributed by atoms with E-state index in [1.165, 1.54) is 0 Å². The van der Waals surface area contributed by atoms with Crippen molar-refractivity contribution in [1.82, 2.24) is 9.78 Å². The summed E-state index contributed by atoms with van der Waals surface area (Å²) >= 11 is 0. The Kier molecular flexibility index (Phi) is 11.0. The molecule has 116 valence electrons. The van der Waals surface area contributed by atoms with Gasteiger partial charge in [-0.25, -0.2) is 0 Å². The molecule has 0 fully saturated rings. The first-order valence-electron chi connectivity index (χ1n) is 6.78. The number of aromatic nitrogens is 2. The van der Waals surface area contributed by atoms with E-state index in [0.29, 0.717) is 25.4 Å². The minimum atomic E-state index is 0. The Labute approximate surface area is 126 Å². The molecule has 0 bridgehead atoms. The first-order valence-corrected chi connectivity index (χ1v) is 6.78. The number of carbonyl (C=O) groups is 1. The average Bonchev–Trinajstić information content (AvgIpc) is 2.83. The normalized spacial score (nSPS) is 10.1. The highest BCUT2D eigenvalue weighted by atomic mass is 35.5. The van der Waals surface area contributed by atoms with Crippen LogP contribution in [0.1, 0.15) is 32.1 Å². The van der Waals surface area contributed by atoms with E-state index in [1.807, 2.05) is 6.20 Å². The molecule has 0 saturated heterocycles. The molecule has 7 heteroatoms. The lowest BCUT2D eigenvalue weighted by molar-refractivity contribution is -0.116. The van der Waals surface area contributed by atoms with Crippen molar-refractivity contribution < 1.29 is 9.53 Å². The molecular formula is C13H25ClN4O2. The molecule has 0 radical (unpaired) electrons. The van der Waals surface area contributed by atoms with Gasteiger partial charge >= 0.3 is 0 Å². The van der Waals surface area contributed by atoms with Crippen LogP contribution in [0.2, 0.25) is 0 Å². The second-order valence-corrected chi connectivity index (χ2v) is 4.46. The largest absolute Gasteiger partial charge is 0.383 e. The summed E-state index contributed by atoms with van der Waals surface area (Å²) in [6.07, 6.45) is 6.44. The van der Waals surface area contributed by atoms with Gasteiger partial charge in [-0.3, -0.25) is 9.48 Å². The summed E-state index contributed by atoms with van der Waals surface area (Å²) in [5, 5.41) is 7.03. The number of nitrogens with two attached hydrogens (primary N) is 1. The fourth-order valence-electron chi connectivity index (χ4n) is 1.73. The van der Waals surface area contributed by atoms with Crippen LogP contribution in [0.3, 0.4) is 0 Å². The minimum Gasteiger partial charge on any atom is -0.383 e. The van der Waals surface area contributed by atoms with Gasteiger partial charge in [-0.2, -0.15) is 5.10 Å². The van der Waals surface area contributed by atoms with E-state index in [9.17, 15) is 4.79 Å². The van der Waals surface area contributed by atoms with Gasteiger partial charge in [0.25, 0.3) is 0 Å². The Morgan fingerprint density at radius 1 is 1.40 bits per heavy atom. The van der Waals surface area contributed by atoms with Gasteiger partial charge in [0.15, 0.2) is 5.82 Å². The minimum absolute atomic E-state index is 0. The molecule has 0 spiro atoms. The van der Waals surface area contributed by atoms with Gasteiger partial charge in [-0.05, 0) is 19.4 Å². The van der Waals surface area contributed by atoms with Gasteiger partial charge in [0.1, 0.15) is 0 Å². The van der Waals surface area contributed by atoms with Crippen LogP contribution in [0.25, 0.3) is 0 Å². The second kappa shape index (κ2) is 11.7. The van der Waals surface area contributed by atoms with Crippen molar-refractivity contribution in [2.24, 2.45) is 5.73 Å². The Morgan fingerprint density at radius 3 is 2.85 bits per heavy atom. The molecule has 0 atom stereocenters. The van der Waals surface area contributed by atoms with E-state index in [2.05, 4.69) is 10.4 Å². The van der Waals surface area contributed by atoms with Crippen LogP contribution >= 0.6 is 12.4 Å². The number of nitrogens with one attached hydrogen (secondary N) is 1. The number of hydrogen-bond donors (Lipinski definition) is 2. The molecule has 0 saturated carbocycles. The highest BCUT2D eigenvalue weighted by Gasteiger charge is 2.04. The van der Waals surface area contributed by atoms with Gasteiger partial charge < -0.3 is 15.8 Å². The van der Waals surface area contributed by atoms with Crippen molar-refractivity contribution in [3.8, 4) is 0 Å². The number of nitrogens with zero attached hydrogens (tertiary/aromatic N) is 2. The SMILES string of the molecule is COCCn1ccc(NC(=O)CCCCCCN)n1.Cl. The molecule has 0 aromatic carbocycles. The quantitative estimate of drug-likeness (QED) is 0.646. The maximum atomic E-state index is 11.7. The Bertz CT molecular complexity index is 371. The molecule has 0 aliphatic heterocycles. The molecule has 1 aromatic rings. The highest BCUT2D eigenvalue weighted by Crippen LogP contribution is 2.06. The monoisotopic (exact) mass is 304 g/mol. The van der Waals surface area contributed by atoms with Gasteiger partial charge in [-0.1, -0.05) is 12.8 Å². The van der Waals surface area contributed by atoms with Crippen LogP contribution in [-0.2, 0) is 16.1 Å². The lowest BCUT2D eigenvalue weighted by atomic mass is 10.1. The van der Waals surface area contributed by atoms with Crippen molar-refractivity contribution in [3.05, 3.63) is 12.3 Å². The third-order valence-corrected chi connectivity index (χ3v) is 2.79. The highest BCUT2D eigenvalue weighted by molar-refractivity contribution is 5.89.